The Labute approximate surface area is 83.2 Å². The van der Waals surface area contributed by atoms with Crippen molar-refractivity contribution in [3.05, 3.63) is 35.5 Å². The van der Waals surface area contributed by atoms with Gasteiger partial charge in [0.1, 0.15) is 0 Å². The first-order chi connectivity index (χ1) is 6.20. The van der Waals surface area contributed by atoms with E-state index < -0.39 is 0 Å². The number of nitrogens with zero attached hydrogens (tertiary/aromatic N) is 1. The maximum Gasteiger partial charge on any atom is 0.0840 e. The van der Waals surface area contributed by atoms with Gasteiger partial charge in [-0.1, -0.05) is 12.1 Å². The first kappa shape index (κ1) is 8.57. The van der Waals surface area contributed by atoms with Gasteiger partial charge in [0.05, 0.1) is 5.52 Å². The van der Waals surface area contributed by atoms with E-state index in [9.17, 15) is 0 Å². The van der Waals surface area contributed by atoms with Crippen molar-refractivity contribution in [2.75, 3.05) is 0 Å². The van der Waals surface area contributed by atoms with Crippen molar-refractivity contribution < 1.29 is 0 Å². The molecule has 0 N–H and O–H groups in total. The van der Waals surface area contributed by atoms with E-state index in [0.717, 1.165) is 10.4 Å². The molecular weight excluding hydrogens is 178 g/mol. The normalized spacial score (nSPS) is 10.7. The number of benzene rings is 1. The van der Waals surface area contributed by atoms with Gasteiger partial charge >= 0.3 is 0 Å². The molecule has 2 aromatic rings. The van der Waals surface area contributed by atoms with Gasteiger partial charge in [0.15, 0.2) is 0 Å². The maximum atomic E-state index is 4.45. The molecule has 0 amide bonds. The van der Waals surface area contributed by atoms with Crippen LogP contribution in [0.15, 0.2) is 29.3 Å². The Morgan fingerprint density at radius 1 is 1.08 bits per heavy atom. The Bertz CT molecular complexity index is 463. The van der Waals surface area contributed by atoms with Crippen LogP contribution < -0.4 is 0 Å². The molecule has 1 heterocycles. The van der Waals surface area contributed by atoms with Crippen molar-refractivity contribution >= 4 is 23.5 Å². The quantitative estimate of drug-likeness (QED) is 0.628. The highest BCUT2D eigenvalue weighted by molar-refractivity contribution is 7.80. The van der Waals surface area contributed by atoms with Crippen LogP contribution in [-0.2, 0) is 0 Å². The van der Waals surface area contributed by atoms with Gasteiger partial charge in [-0.15, -0.1) is 12.6 Å². The van der Waals surface area contributed by atoms with Crippen LogP contribution in [0.25, 0.3) is 10.9 Å². The molecule has 2 heteroatoms. The van der Waals surface area contributed by atoms with Gasteiger partial charge in [0, 0.05) is 16.5 Å². The van der Waals surface area contributed by atoms with Gasteiger partial charge in [-0.2, -0.15) is 0 Å². The summed E-state index contributed by atoms with van der Waals surface area (Å²) in [5, 5.41) is 1.19. The molecule has 0 atom stereocenters. The lowest BCUT2D eigenvalue weighted by Crippen LogP contribution is -1.86. The maximum absolute atomic E-state index is 4.45. The largest absolute Gasteiger partial charge is 0.255 e. The summed E-state index contributed by atoms with van der Waals surface area (Å²) in [4.78, 5) is 5.31. The number of aromatic nitrogens is 1. The highest BCUT2D eigenvalue weighted by Crippen LogP contribution is 2.25. The van der Waals surface area contributed by atoms with Gasteiger partial charge in [0.25, 0.3) is 0 Å². The SMILES string of the molecule is Cc1ccc2c(C)ccnc2c1S. The van der Waals surface area contributed by atoms with Crippen molar-refractivity contribution in [1.29, 1.82) is 0 Å². The van der Waals surface area contributed by atoms with E-state index in [4.69, 9.17) is 0 Å². The molecule has 0 saturated carbocycles. The fourth-order valence-electron chi connectivity index (χ4n) is 1.44. The predicted octanol–water partition coefficient (Wildman–Crippen LogP) is 3.14. The van der Waals surface area contributed by atoms with Crippen LogP contribution in [0, 0.1) is 13.8 Å². The minimum atomic E-state index is 0.987. The molecule has 0 bridgehead atoms. The van der Waals surface area contributed by atoms with E-state index in [-0.39, 0.29) is 0 Å². The van der Waals surface area contributed by atoms with E-state index in [1.54, 1.807) is 0 Å². The minimum Gasteiger partial charge on any atom is -0.255 e. The van der Waals surface area contributed by atoms with Crippen LogP contribution >= 0.6 is 12.6 Å². The number of aryl methyl sites for hydroxylation is 2. The number of thiol groups is 1. The fraction of sp³-hybridized carbons (Fsp3) is 0.182. The summed E-state index contributed by atoms with van der Waals surface area (Å²) in [6, 6.07) is 6.21. The molecule has 1 nitrogen and oxygen atoms in total. The lowest BCUT2D eigenvalue weighted by atomic mass is 10.1. The third kappa shape index (κ3) is 1.31. The summed E-state index contributed by atoms with van der Waals surface area (Å²) in [6.45, 7) is 4.14. The van der Waals surface area contributed by atoms with Crippen molar-refractivity contribution in [3.8, 4) is 0 Å². The van der Waals surface area contributed by atoms with Gasteiger partial charge < -0.3 is 0 Å². The van der Waals surface area contributed by atoms with E-state index in [1.807, 2.05) is 19.2 Å². The Hall–Kier alpha value is -1.02. The molecular formula is C11H11NS. The summed E-state index contributed by atoms with van der Waals surface area (Å²) < 4.78 is 0. The third-order valence-corrected chi connectivity index (χ3v) is 2.87. The lowest BCUT2D eigenvalue weighted by Gasteiger charge is -2.05. The first-order valence-corrected chi connectivity index (χ1v) is 4.69. The molecule has 13 heavy (non-hydrogen) atoms. The molecule has 66 valence electrons. The van der Waals surface area contributed by atoms with Crippen molar-refractivity contribution in [2.24, 2.45) is 0 Å². The molecule has 1 aromatic heterocycles. The smallest absolute Gasteiger partial charge is 0.0840 e. The molecule has 0 aliphatic heterocycles. The van der Waals surface area contributed by atoms with Gasteiger partial charge in [-0.3, -0.25) is 4.98 Å². The molecule has 0 unspecified atom stereocenters. The number of fused-ring (bicyclic) bond motifs is 1. The fourth-order valence-corrected chi connectivity index (χ4v) is 1.70. The number of hydrogen-bond acceptors (Lipinski definition) is 2. The lowest BCUT2D eigenvalue weighted by molar-refractivity contribution is 1.27. The zero-order chi connectivity index (χ0) is 9.42. The number of pyridine rings is 1. The second-order valence-electron chi connectivity index (χ2n) is 3.26. The zero-order valence-corrected chi connectivity index (χ0v) is 8.60. The molecule has 0 spiro atoms. The van der Waals surface area contributed by atoms with E-state index in [2.05, 4.69) is 36.7 Å². The molecule has 0 aliphatic carbocycles. The van der Waals surface area contributed by atoms with Crippen molar-refractivity contribution in [2.45, 2.75) is 18.7 Å². The number of rotatable bonds is 0. The topological polar surface area (TPSA) is 12.9 Å². The Morgan fingerprint density at radius 2 is 1.85 bits per heavy atom. The Morgan fingerprint density at radius 3 is 2.62 bits per heavy atom. The average Bonchev–Trinajstić information content (AvgIpc) is 2.12. The van der Waals surface area contributed by atoms with Crippen LogP contribution in [0.3, 0.4) is 0 Å². The van der Waals surface area contributed by atoms with Crippen LogP contribution in [0.1, 0.15) is 11.1 Å². The summed E-state index contributed by atoms with van der Waals surface area (Å²) in [7, 11) is 0. The summed E-state index contributed by atoms with van der Waals surface area (Å²) in [5.74, 6) is 0. The zero-order valence-electron chi connectivity index (χ0n) is 7.70. The molecule has 0 fully saturated rings. The molecule has 0 radical (unpaired) electrons. The molecule has 1 aromatic carbocycles. The standard InChI is InChI=1S/C11H11NS/c1-7-5-6-12-10-9(7)4-3-8(2)11(10)13/h3-6,13H,1-2H3. The highest BCUT2D eigenvalue weighted by atomic mass is 32.1. The molecule has 2 rings (SSSR count). The Kier molecular flexibility index (Phi) is 2.00. The second kappa shape index (κ2) is 3.04. The second-order valence-corrected chi connectivity index (χ2v) is 3.70. The Balaban J connectivity index is 2.94. The molecule has 0 aliphatic rings. The van der Waals surface area contributed by atoms with Crippen molar-refractivity contribution in [3.63, 3.8) is 0 Å². The van der Waals surface area contributed by atoms with E-state index in [1.165, 1.54) is 16.5 Å². The predicted molar refractivity (Wildman–Crippen MR) is 58.5 cm³/mol. The summed E-state index contributed by atoms with van der Waals surface area (Å²) >= 11 is 4.45. The van der Waals surface area contributed by atoms with E-state index >= 15 is 0 Å². The number of hydrogen-bond donors (Lipinski definition) is 1. The average molecular weight is 189 g/mol. The van der Waals surface area contributed by atoms with E-state index in [0.29, 0.717) is 0 Å². The van der Waals surface area contributed by atoms with Crippen LogP contribution in [0.4, 0.5) is 0 Å². The highest BCUT2D eigenvalue weighted by Gasteiger charge is 2.03. The first-order valence-electron chi connectivity index (χ1n) is 4.24. The third-order valence-electron chi connectivity index (χ3n) is 2.31. The van der Waals surface area contributed by atoms with Gasteiger partial charge in [0.2, 0.25) is 0 Å². The van der Waals surface area contributed by atoms with Gasteiger partial charge in [-0.05, 0) is 31.0 Å². The monoisotopic (exact) mass is 189 g/mol. The minimum absolute atomic E-state index is 0.987. The van der Waals surface area contributed by atoms with Crippen LogP contribution in [0.5, 0.6) is 0 Å². The van der Waals surface area contributed by atoms with Gasteiger partial charge in [-0.25, -0.2) is 0 Å². The summed E-state index contributed by atoms with van der Waals surface area (Å²) in [5.41, 5.74) is 3.43. The van der Waals surface area contributed by atoms with Crippen molar-refractivity contribution in [1.82, 2.24) is 4.98 Å². The van der Waals surface area contributed by atoms with Crippen LogP contribution in [0.2, 0.25) is 0 Å². The summed E-state index contributed by atoms with van der Waals surface area (Å²) in [6.07, 6.45) is 1.83. The molecule has 0 saturated heterocycles. The van der Waals surface area contributed by atoms with Crippen LogP contribution in [-0.4, -0.2) is 4.98 Å².